The summed E-state index contributed by atoms with van der Waals surface area (Å²) in [6.45, 7) is 7.60. The Hall–Kier alpha value is -1.91. The number of nitrogens with zero attached hydrogens (tertiary/aromatic N) is 1. The maximum absolute atomic E-state index is 12.4. The maximum Gasteiger partial charge on any atom is 0.323 e. The van der Waals surface area contributed by atoms with Crippen LogP contribution in [0.15, 0.2) is 18.5 Å². The van der Waals surface area contributed by atoms with Gasteiger partial charge >= 0.3 is 11.9 Å². The first-order valence-electron chi connectivity index (χ1n) is 7.25. The first-order chi connectivity index (χ1) is 10.00. The molecule has 0 aliphatic heterocycles. The quantitative estimate of drug-likeness (QED) is 0.570. The van der Waals surface area contributed by atoms with Crippen molar-refractivity contribution in [2.75, 3.05) is 13.2 Å². The van der Waals surface area contributed by atoms with E-state index < -0.39 is 17.4 Å². The lowest BCUT2D eigenvalue weighted by Gasteiger charge is -2.28. The average Bonchev–Trinajstić information content (AvgIpc) is 2.45. The number of esters is 2. The minimum Gasteiger partial charge on any atom is -0.465 e. The summed E-state index contributed by atoms with van der Waals surface area (Å²) >= 11 is 0. The summed E-state index contributed by atoms with van der Waals surface area (Å²) in [6, 6.07) is 1.91. The molecule has 0 N–H and O–H groups in total. The number of rotatable bonds is 7. The van der Waals surface area contributed by atoms with E-state index in [2.05, 4.69) is 4.98 Å². The molecule has 0 amide bonds. The number of ether oxygens (including phenoxy) is 2. The molecule has 0 aliphatic rings. The lowest BCUT2D eigenvalue weighted by molar-refractivity contribution is -0.172. The SMILES string of the molecule is CCOC(=O)C(CC)(Cc1cncc(C)c1)C(=O)OCC. The van der Waals surface area contributed by atoms with E-state index in [0.717, 1.165) is 11.1 Å². The molecule has 0 spiro atoms. The Morgan fingerprint density at radius 1 is 1.10 bits per heavy atom. The van der Waals surface area contributed by atoms with Crippen molar-refractivity contribution in [3.8, 4) is 0 Å². The number of carbonyl (C=O) groups excluding carboxylic acids is 2. The molecule has 0 saturated carbocycles. The molecule has 0 unspecified atom stereocenters. The van der Waals surface area contributed by atoms with E-state index in [4.69, 9.17) is 9.47 Å². The highest BCUT2D eigenvalue weighted by Crippen LogP contribution is 2.31. The molecule has 0 atom stereocenters. The lowest BCUT2D eigenvalue weighted by atomic mass is 9.79. The Morgan fingerprint density at radius 3 is 2.10 bits per heavy atom. The van der Waals surface area contributed by atoms with Gasteiger partial charge in [0.1, 0.15) is 0 Å². The molecular formula is C16H23NO4. The second kappa shape index (κ2) is 7.76. The summed E-state index contributed by atoms with van der Waals surface area (Å²) in [6.07, 6.45) is 3.94. The topological polar surface area (TPSA) is 65.5 Å². The Kier molecular flexibility index (Phi) is 6.34. The Balaban J connectivity index is 3.16. The monoisotopic (exact) mass is 293 g/mol. The number of carbonyl (C=O) groups is 2. The van der Waals surface area contributed by atoms with Crippen molar-refractivity contribution < 1.29 is 19.1 Å². The molecule has 116 valence electrons. The van der Waals surface area contributed by atoms with E-state index >= 15 is 0 Å². The van der Waals surface area contributed by atoms with Gasteiger partial charge in [-0.15, -0.1) is 0 Å². The maximum atomic E-state index is 12.4. The van der Waals surface area contributed by atoms with Crippen LogP contribution in [0.2, 0.25) is 0 Å². The second-order valence-electron chi connectivity index (χ2n) is 4.92. The molecule has 1 aromatic rings. The molecular weight excluding hydrogens is 270 g/mol. The van der Waals surface area contributed by atoms with E-state index in [0.29, 0.717) is 6.42 Å². The van der Waals surface area contributed by atoms with Gasteiger partial charge in [-0.25, -0.2) is 0 Å². The van der Waals surface area contributed by atoms with Crippen molar-refractivity contribution in [3.63, 3.8) is 0 Å². The van der Waals surface area contributed by atoms with E-state index in [-0.39, 0.29) is 19.6 Å². The number of hydrogen-bond acceptors (Lipinski definition) is 5. The summed E-state index contributed by atoms with van der Waals surface area (Å²) in [4.78, 5) is 28.8. The van der Waals surface area contributed by atoms with E-state index in [1.54, 1.807) is 33.2 Å². The predicted molar refractivity (Wildman–Crippen MR) is 78.7 cm³/mol. The van der Waals surface area contributed by atoms with E-state index in [1.807, 2.05) is 13.0 Å². The molecule has 1 aromatic heterocycles. The van der Waals surface area contributed by atoms with Crippen molar-refractivity contribution in [2.45, 2.75) is 40.5 Å². The van der Waals surface area contributed by atoms with Gasteiger partial charge in [0, 0.05) is 18.8 Å². The summed E-state index contributed by atoms with van der Waals surface area (Å²) in [5, 5.41) is 0. The first-order valence-corrected chi connectivity index (χ1v) is 7.25. The minimum atomic E-state index is -1.30. The van der Waals surface area contributed by atoms with Gasteiger partial charge in [0.25, 0.3) is 0 Å². The van der Waals surface area contributed by atoms with Crippen molar-refractivity contribution >= 4 is 11.9 Å². The minimum absolute atomic E-state index is 0.228. The van der Waals surface area contributed by atoms with Gasteiger partial charge in [-0.3, -0.25) is 14.6 Å². The van der Waals surface area contributed by atoms with Gasteiger partial charge in [0.2, 0.25) is 0 Å². The molecule has 0 aromatic carbocycles. The van der Waals surface area contributed by atoms with Gasteiger partial charge < -0.3 is 9.47 Å². The summed E-state index contributed by atoms with van der Waals surface area (Å²) in [7, 11) is 0. The molecule has 5 nitrogen and oxygen atoms in total. The zero-order valence-electron chi connectivity index (χ0n) is 13.1. The van der Waals surface area contributed by atoms with Crippen molar-refractivity contribution in [1.29, 1.82) is 0 Å². The highest BCUT2D eigenvalue weighted by Gasteiger charge is 2.47. The van der Waals surface area contributed by atoms with Crippen molar-refractivity contribution in [1.82, 2.24) is 4.98 Å². The number of pyridine rings is 1. The number of hydrogen-bond donors (Lipinski definition) is 0. The first kappa shape index (κ1) is 17.1. The van der Waals surface area contributed by atoms with Crippen molar-refractivity contribution in [2.24, 2.45) is 5.41 Å². The Bertz CT molecular complexity index is 481. The van der Waals surface area contributed by atoms with Crippen LogP contribution < -0.4 is 0 Å². The van der Waals surface area contributed by atoms with Crippen LogP contribution in [0.25, 0.3) is 0 Å². The molecule has 0 aliphatic carbocycles. The van der Waals surface area contributed by atoms with Crippen LogP contribution in [0.3, 0.4) is 0 Å². The molecule has 0 fully saturated rings. The lowest BCUT2D eigenvalue weighted by Crippen LogP contribution is -2.43. The molecule has 0 radical (unpaired) electrons. The van der Waals surface area contributed by atoms with Gasteiger partial charge in [0.05, 0.1) is 13.2 Å². The van der Waals surface area contributed by atoms with Crippen LogP contribution in [0.1, 0.15) is 38.3 Å². The van der Waals surface area contributed by atoms with Crippen LogP contribution in [0.5, 0.6) is 0 Å². The smallest absolute Gasteiger partial charge is 0.323 e. The number of aryl methyl sites for hydroxylation is 1. The summed E-state index contributed by atoms with van der Waals surface area (Å²) < 4.78 is 10.2. The fourth-order valence-electron chi connectivity index (χ4n) is 2.24. The molecule has 0 saturated heterocycles. The molecule has 5 heteroatoms. The van der Waals surface area contributed by atoms with Crippen LogP contribution in [0, 0.1) is 12.3 Å². The standard InChI is InChI=1S/C16H23NO4/c1-5-16(14(18)20-6-2,15(19)21-7-3)9-13-8-12(4)10-17-11-13/h8,10-11H,5-7,9H2,1-4H3. The fourth-order valence-corrected chi connectivity index (χ4v) is 2.24. The average molecular weight is 293 g/mol. The van der Waals surface area contributed by atoms with Gasteiger partial charge in [-0.05, 0) is 38.3 Å². The van der Waals surface area contributed by atoms with Crippen LogP contribution in [-0.4, -0.2) is 30.1 Å². The van der Waals surface area contributed by atoms with Gasteiger partial charge in [0.15, 0.2) is 5.41 Å². The zero-order valence-corrected chi connectivity index (χ0v) is 13.1. The molecule has 1 rings (SSSR count). The fraction of sp³-hybridized carbons (Fsp3) is 0.562. The third-order valence-electron chi connectivity index (χ3n) is 3.37. The Morgan fingerprint density at radius 2 is 1.67 bits per heavy atom. The summed E-state index contributed by atoms with van der Waals surface area (Å²) in [5.41, 5.74) is 0.491. The molecule has 0 bridgehead atoms. The zero-order chi connectivity index (χ0) is 15.9. The van der Waals surface area contributed by atoms with Gasteiger partial charge in [-0.1, -0.05) is 13.0 Å². The van der Waals surface area contributed by atoms with Gasteiger partial charge in [-0.2, -0.15) is 0 Å². The van der Waals surface area contributed by atoms with Crippen LogP contribution in [-0.2, 0) is 25.5 Å². The third kappa shape index (κ3) is 4.03. The molecule has 21 heavy (non-hydrogen) atoms. The molecule has 1 heterocycles. The highest BCUT2D eigenvalue weighted by molar-refractivity contribution is 6.00. The normalized spacial score (nSPS) is 11.0. The van der Waals surface area contributed by atoms with Crippen molar-refractivity contribution in [3.05, 3.63) is 29.6 Å². The van der Waals surface area contributed by atoms with Crippen LogP contribution >= 0.6 is 0 Å². The van der Waals surface area contributed by atoms with Crippen LogP contribution in [0.4, 0.5) is 0 Å². The number of aromatic nitrogens is 1. The second-order valence-corrected chi connectivity index (χ2v) is 4.92. The summed E-state index contributed by atoms with van der Waals surface area (Å²) in [5.74, 6) is -1.07. The highest BCUT2D eigenvalue weighted by atomic mass is 16.6. The Labute approximate surface area is 125 Å². The largest absolute Gasteiger partial charge is 0.465 e. The predicted octanol–water partition coefficient (Wildman–Crippen LogP) is 2.46. The van der Waals surface area contributed by atoms with E-state index in [9.17, 15) is 9.59 Å². The third-order valence-corrected chi connectivity index (χ3v) is 3.37. The van der Waals surface area contributed by atoms with E-state index in [1.165, 1.54) is 0 Å².